The van der Waals surface area contributed by atoms with Crippen molar-refractivity contribution in [3.63, 3.8) is 0 Å². The van der Waals surface area contributed by atoms with E-state index in [0.717, 1.165) is 16.8 Å². The molecular weight excluding hydrogens is 724 g/mol. The van der Waals surface area contributed by atoms with E-state index in [0.29, 0.717) is 6.26 Å². The second-order valence-electron chi connectivity index (χ2n) is 13.5. The van der Waals surface area contributed by atoms with Gasteiger partial charge in [-0.05, 0) is 60.0 Å². The Morgan fingerprint density at radius 2 is 1.10 bits per heavy atom. The molecule has 0 fully saturated rings. The van der Waals surface area contributed by atoms with Crippen molar-refractivity contribution in [2.45, 2.75) is 51.9 Å². The molecular formula is C41H45NO3PPdS-. The molecule has 4 nitrogen and oxygen atoms in total. The van der Waals surface area contributed by atoms with Crippen LogP contribution in [0.1, 0.15) is 41.5 Å². The van der Waals surface area contributed by atoms with E-state index >= 15 is 0 Å². The Morgan fingerprint density at radius 3 is 1.67 bits per heavy atom. The fraction of sp³-hybridized carbons (Fsp3) is 0.220. The summed E-state index contributed by atoms with van der Waals surface area (Å²) in [6.07, 6.45) is 0.715. The van der Waals surface area contributed by atoms with Crippen LogP contribution in [0, 0.1) is 6.07 Å². The largest absolute Gasteiger partial charge is 0.406 e. The first-order valence-corrected chi connectivity index (χ1v) is 18.8. The van der Waals surface area contributed by atoms with Crippen molar-refractivity contribution in [3.8, 4) is 22.3 Å². The van der Waals surface area contributed by atoms with Gasteiger partial charge >= 0.3 is 0 Å². The van der Waals surface area contributed by atoms with Crippen LogP contribution in [0.2, 0.25) is 0 Å². The Balaban J connectivity index is 0.000000272. The van der Waals surface area contributed by atoms with Gasteiger partial charge in [-0.3, -0.25) is 4.55 Å². The molecule has 0 amide bonds. The van der Waals surface area contributed by atoms with Crippen LogP contribution in [0.25, 0.3) is 43.8 Å². The summed E-state index contributed by atoms with van der Waals surface area (Å²) in [5, 5.41) is 7.28. The fourth-order valence-electron chi connectivity index (χ4n) is 6.20. The predicted octanol–water partition coefficient (Wildman–Crippen LogP) is 10.6. The first-order chi connectivity index (χ1) is 22.1. The molecule has 0 heterocycles. The number of rotatable bonds is 3. The first kappa shape index (κ1) is 39.1. The van der Waals surface area contributed by atoms with Gasteiger partial charge in [0.2, 0.25) is 0 Å². The molecule has 254 valence electrons. The molecule has 0 aliphatic rings. The number of nitrogen functional groups attached to an aromatic ring is 1. The third-order valence-electron chi connectivity index (χ3n) is 7.51. The van der Waals surface area contributed by atoms with Gasteiger partial charge in [-0.2, -0.15) is 8.42 Å². The van der Waals surface area contributed by atoms with E-state index in [1.54, 1.807) is 0 Å². The third kappa shape index (κ3) is 10.3. The van der Waals surface area contributed by atoms with Gasteiger partial charge in [0.1, 0.15) is 0 Å². The maximum atomic E-state index is 9.19. The van der Waals surface area contributed by atoms with Crippen molar-refractivity contribution in [1.29, 1.82) is 0 Å². The number of anilines is 1. The molecule has 48 heavy (non-hydrogen) atoms. The molecule has 0 aliphatic heterocycles. The smallest absolute Gasteiger partial charge is 0.261 e. The second-order valence-corrected chi connectivity index (χ2v) is 18.8. The van der Waals surface area contributed by atoms with Gasteiger partial charge in [0.15, 0.2) is 0 Å². The van der Waals surface area contributed by atoms with Crippen LogP contribution in [-0.4, -0.2) is 29.5 Å². The topological polar surface area (TPSA) is 80.4 Å². The maximum absolute atomic E-state index is 9.19. The number of hydrogen-bond donors (Lipinski definition) is 2. The van der Waals surface area contributed by atoms with Gasteiger partial charge in [-0.15, -0.1) is 35.9 Å². The van der Waals surface area contributed by atoms with Gasteiger partial charge in [0.05, 0.1) is 6.26 Å². The number of hydrogen-bond acceptors (Lipinski definition) is 3. The minimum Gasteiger partial charge on any atom is -0.406 e. The van der Waals surface area contributed by atoms with Gasteiger partial charge < -0.3 is 5.73 Å². The third-order valence-corrected chi connectivity index (χ3v) is 11.0. The minimum absolute atomic E-state index is 0. The van der Waals surface area contributed by atoms with Gasteiger partial charge in [0, 0.05) is 20.4 Å². The van der Waals surface area contributed by atoms with Crippen molar-refractivity contribution < 1.29 is 33.4 Å². The average Bonchev–Trinajstić information content (AvgIpc) is 3.00. The van der Waals surface area contributed by atoms with Gasteiger partial charge in [-0.1, -0.05) is 152 Å². The molecule has 0 spiro atoms. The molecule has 6 aromatic carbocycles. The molecule has 7 heteroatoms. The van der Waals surface area contributed by atoms with Crippen molar-refractivity contribution >= 4 is 50.6 Å². The molecule has 0 saturated heterocycles. The first-order valence-electron chi connectivity index (χ1n) is 15.6. The summed E-state index contributed by atoms with van der Waals surface area (Å²) in [6, 6.07) is 47.9. The second kappa shape index (κ2) is 16.4. The van der Waals surface area contributed by atoms with Gasteiger partial charge in [-0.25, -0.2) is 0 Å². The summed E-state index contributed by atoms with van der Waals surface area (Å²) in [7, 11) is -4.08. The molecule has 6 aromatic rings. The Morgan fingerprint density at radius 1 is 0.625 bits per heavy atom. The summed E-state index contributed by atoms with van der Waals surface area (Å²) in [5.41, 5.74) is 11.5. The van der Waals surface area contributed by atoms with Crippen molar-refractivity contribution in [1.82, 2.24) is 0 Å². The minimum atomic E-state index is -3.67. The zero-order valence-corrected chi connectivity index (χ0v) is 31.9. The Labute approximate surface area is 302 Å². The zero-order valence-electron chi connectivity index (χ0n) is 28.6. The Hall–Kier alpha value is -3.36. The van der Waals surface area contributed by atoms with Gasteiger partial charge in [0.25, 0.3) is 10.1 Å². The molecule has 0 bridgehead atoms. The van der Waals surface area contributed by atoms with Crippen molar-refractivity contribution in [2.75, 3.05) is 12.0 Å². The van der Waals surface area contributed by atoms with Crippen LogP contribution in [0.15, 0.2) is 127 Å². The quantitative estimate of drug-likeness (QED) is 0.0618. The van der Waals surface area contributed by atoms with E-state index in [1.807, 2.05) is 48.5 Å². The van der Waals surface area contributed by atoms with E-state index in [2.05, 4.69) is 126 Å². The number of benzene rings is 6. The van der Waals surface area contributed by atoms with Crippen molar-refractivity contribution in [2.24, 2.45) is 0 Å². The van der Waals surface area contributed by atoms with Crippen LogP contribution in [0.3, 0.4) is 0 Å². The number of fused-ring (bicyclic) bond motifs is 2. The molecule has 0 atom stereocenters. The predicted molar refractivity (Wildman–Crippen MR) is 206 cm³/mol. The molecule has 0 aliphatic carbocycles. The SMILES string of the molecule is CC(C)(C)P(c1ccc2ccccc2c1-c1cccc2ccccc12)C(C)(C)C.CS(=O)(=O)O.Nc1ccccc1-c1[c-]cccc1.[Pd]. The zero-order chi connectivity index (χ0) is 34.4. The van der Waals surface area contributed by atoms with E-state index in [-0.39, 0.29) is 30.7 Å². The van der Waals surface area contributed by atoms with E-state index in [4.69, 9.17) is 10.3 Å². The summed E-state index contributed by atoms with van der Waals surface area (Å²) in [6.45, 7) is 14.5. The van der Waals surface area contributed by atoms with E-state index in [9.17, 15) is 8.42 Å². The molecule has 0 unspecified atom stereocenters. The molecule has 3 N–H and O–H groups in total. The Kier molecular flexibility index (Phi) is 13.3. The van der Waals surface area contributed by atoms with Crippen LogP contribution in [0.5, 0.6) is 0 Å². The summed E-state index contributed by atoms with van der Waals surface area (Å²) >= 11 is 0. The molecule has 0 saturated carbocycles. The molecule has 6 rings (SSSR count). The number of nitrogens with two attached hydrogens (primary N) is 1. The van der Waals surface area contributed by atoms with E-state index in [1.165, 1.54) is 38.0 Å². The average molecular weight is 769 g/mol. The standard InChI is InChI=1S/C28H31P.C12H10N.CH4O3S.Pd/c1-27(2,3)29(28(4,5)6)25-19-18-21-13-8-10-16-23(21)26(25)24-17-11-14-20-12-7-9-15-22(20)24;13-12-9-5-4-8-11(12)10-6-2-1-3-7-10;1-5(2,3)4;/h7-19H,1-6H3;1-6,8-9H,13H2;1H3,(H,2,3,4);/q;-1;;. The van der Waals surface area contributed by atoms with Crippen molar-refractivity contribution in [3.05, 3.63) is 133 Å². The summed E-state index contributed by atoms with van der Waals surface area (Å²) < 4.78 is 25.9. The van der Waals surface area contributed by atoms with Crippen LogP contribution in [0.4, 0.5) is 5.69 Å². The molecule has 0 radical (unpaired) electrons. The summed E-state index contributed by atoms with van der Waals surface area (Å²) in [5.74, 6) is 0. The Bertz CT molecular complexity index is 2040. The van der Waals surface area contributed by atoms with E-state index < -0.39 is 18.0 Å². The normalized spacial score (nSPS) is 11.6. The monoisotopic (exact) mass is 768 g/mol. The van der Waals surface area contributed by atoms with Crippen LogP contribution in [-0.2, 0) is 30.5 Å². The number of para-hydroxylation sites is 1. The maximum Gasteiger partial charge on any atom is 0.261 e. The summed E-state index contributed by atoms with van der Waals surface area (Å²) in [4.78, 5) is 0. The van der Waals surface area contributed by atoms with Crippen LogP contribution < -0.4 is 11.0 Å². The fourth-order valence-corrected chi connectivity index (χ4v) is 10.4. The van der Waals surface area contributed by atoms with Crippen LogP contribution >= 0.6 is 7.92 Å². The molecule has 0 aromatic heterocycles.